The number of nitrogens with zero attached hydrogens (tertiary/aromatic N) is 2. The van der Waals surface area contributed by atoms with Gasteiger partial charge in [-0.1, -0.05) is 0 Å². The van der Waals surface area contributed by atoms with Crippen LogP contribution >= 0.6 is 0 Å². The molecule has 0 spiro atoms. The molecule has 3 rings (SSSR count). The molecule has 2 aliphatic rings. The number of carbonyl (C=O) groups excluding carboxylic acids is 2. The second-order valence-corrected chi connectivity index (χ2v) is 6.10. The Kier molecular flexibility index (Phi) is 4.29. The standard InChI is InChI=1S/C16H22N4O2/c17-16(22)18-14-5-3-13(4-6-14)15(21)20-9-7-19(8-10-20)11-12-1-2-12/h3-6,12H,1-2,7-11H2,(H3,17,18,22). The Morgan fingerprint density at radius 1 is 1.09 bits per heavy atom. The number of benzene rings is 1. The fraction of sp³-hybridized carbons (Fsp3) is 0.500. The van der Waals surface area contributed by atoms with E-state index < -0.39 is 6.03 Å². The monoisotopic (exact) mass is 302 g/mol. The zero-order chi connectivity index (χ0) is 15.5. The third kappa shape index (κ3) is 3.76. The van der Waals surface area contributed by atoms with E-state index in [0.29, 0.717) is 11.3 Å². The predicted molar refractivity (Wildman–Crippen MR) is 84.7 cm³/mol. The van der Waals surface area contributed by atoms with Gasteiger partial charge in [-0.05, 0) is 43.0 Å². The summed E-state index contributed by atoms with van der Waals surface area (Å²) >= 11 is 0. The van der Waals surface area contributed by atoms with Crippen molar-refractivity contribution in [3.63, 3.8) is 0 Å². The number of amides is 3. The van der Waals surface area contributed by atoms with Gasteiger partial charge in [-0.25, -0.2) is 4.79 Å². The molecular weight excluding hydrogens is 280 g/mol. The van der Waals surface area contributed by atoms with Gasteiger partial charge in [0.2, 0.25) is 0 Å². The molecular formula is C16H22N4O2. The van der Waals surface area contributed by atoms with E-state index in [-0.39, 0.29) is 5.91 Å². The number of carbonyl (C=O) groups is 2. The van der Waals surface area contributed by atoms with Crippen LogP contribution in [-0.2, 0) is 0 Å². The number of nitrogens with two attached hydrogens (primary N) is 1. The normalized spacial score (nSPS) is 19.0. The average Bonchev–Trinajstić information content (AvgIpc) is 3.31. The van der Waals surface area contributed by atoms with Crippen molar-refractivity contribution in [3.05, 3.63) is 29.8 Å². The summed E-state index contributed by atoms with van der Waals surface area (Å²) in [7, 11) is 0. The molecule has 118 valence electrons. The van der Waals surface area contributed by atoms with Crippen LogP contribution in [0.4, 0.5) is 10.5 Å². The third-order valence-corrected chi connectivity index (χ3v) is 4.27. The topological polar surface area (TPSA) is 78.7 Å². The lowest BCUT2D eigenvalue weighted by Crippen LogP contribution is -2.49. The molecule has 6 heteroatoms. The molecule has 3 amide bonds. The summed E-state index contributed by atoms with van der Waals surface area (Å²) in [5.41, 5.74) is 6.30. The molecule has 2 fully saturated rings. The van der Waals surface area contributed by atoms with Gasteiger partial charge in [-0.2, -0.15) is 0 Å². The van der Waals surface area contributed by atoms with Crippen molar-refractivity contribution in [1.29, 1.82) is 0 Å². The van der Waals surface area contributed by atoms with Gasteiger partial charge in [-0.3, -0.25) is 9.69 Å². The van der Waals surface area contributed by atoms with Gasteiger partial charge in [0.15, 0.2) is 0 Å². The zero-order valence-corrected chi connectivity index (χ0v) is 12.6. The summed E-state index contributed by atoms with van der Waals surface area (Å²) < 4.78 is 0. The van der Waals surface area contributed by atoms with Crippen molar-refractivity contribution >= 4 is 17.6 Å². The fourth-order valence-electron chi connectivity index (χ4n) is 2.82. The highest BCUT2D eigenvalue weighted by Gasteiger charge is 2.27. The van der Waals surface area contributed by atoms with E-state index in [4.69, 9.17) is 5.73 Å². The van der Waals surface area contributed by atoms with Crippen molar-refractivity contribution in [2.45, 2.75) is 12.8 Å². The first-order valence-electron chi connectivity index (χ1n) is 7.80. The molecule has 1 aromatic carbocycles. The summed E-state index contributed by atoms with van der Waals surface area (Å²) in [6.07, 6.45) is 2.73. The minimum absolute atomic E-state index is 0.0525. The highest BCUT2D eigenvalue weighted by Crippen LogP contribution is 2.30. The Labute approximate surface area is 130 Å². The lowest BCUT2D eigenvalue weighted by molar-refractivity contribution is 0.0632. The van der Waals surface area contributed by atoms with Crippen LogP contribution in [0.25, 0.3) is 0 Å². The maximum atomic E-state index is 12.5. The zero-order valence-electron chi connectivity index (χ0n) is 12.6. The van der Waals surface area contributed by atoms with Crippen LogP contribution in [0.5, 0.6) is 0 Å². The largest absolute Gasteiger partial charge is 0.351 e. The van der Waals surface area contributed by atoms with E-state index in [1.807, 2.05) is 4.90 Å². The summed E-state index contributed by atoms with van der Waals surface area (Å²) in [6, 6.07) is 6.24. The minimum Gasteiger partial charge on any atom is -0.351 e. The van der Waals surface area contributed by atoms with Gasteiger partial charge < -0.3 is 16.0 Å². The molecule has 0 bridgehead atoms. The number of primary amides is 1. The summed E-state index contributed by atoms with van der Waals surface area (Å²) in [4.78, 5) is 27.6. The smallest absolute Gasteiger partial charge is 0.316 e. The molecule has 1 aliphatic heterocycles. The second kappa shape index (κ2) is 6.36. The molecule has 6 nitrogen and oxygen atoms in total. The molecule has 1 saturated carbocycles. The maximum Gasteiger partial charge on any atom is 0.316 e. The lowest BCUT2D eigenvalue weighted by atomic mass is 10.1. The summed E-state index contributed by atoms with van der Waals surface area (Å²) in [6.45, 7) is 4.68. The van der Waals surface area contributed by atoms with Gasteiger partial charge in [0.25, 0.3) is 5.91 Å². The van der Waals surface area contributed by atoms with Gasteiger partial charge in [-0.15, -0.1) is 0 Å². The van der Waals surface area contributed by atoms with E-state index in [0.717, 1.165) is 32.1 Å². The molecule has 0 aromatic heterocycles. The molecule has 1 aromatic rings. The molecule has 0 atom stereocenters. The highest BCUT2D eigenvalue weighted by molar-refractivity contribution is 5.95. The molecule has 22 heavy (non-hydrogen) atoms. The van der Waals surface area contributed by atoms with Crippen molar-refractivity contribution in [2.75, 3.05) is 38.0 Å². The van der Waals surface area contributed by atoms with Crippen LogP contribution in [0.2, 0.25) is 0 Å². The first-order chi connectivity index (χ1) is 10.6. The number of rotatable bonds is 4. The van der Waals surface area contributed by atoms with E-state index in [1.54, 1.807) is 24.3 Å². The van der Waals surface area contributed by atoms with Crippen molar-refractivity contribution in [1.82, 2.24) is 9.80 Å². The molecule has 0 radical (unpaired) electrons. The Morgan fingerprint density at radius 3 is 2.27 bits per heavy atom. The fourth-order valence-corrected chi connectivity index (χ4v) is 2.82. The van der Waals surface area contributed by atoms with Crippen LogP contribution in [0, 0.1) is 5.92 Å². The lowest BCUT2D eigenvalue weighted by Gasteiger charge is -2.34. The van der Waals surface area contributed by atoms with Crippen molar-refractivity contribution < 1.29 is 9.59 Å². The van der Waals surface area contributed by atoms with E-state index in [2.05, 4.69) is 10.2 Å². The van der Waals surface area contributed by atoms with Crippen LogP contribution < -0.4 is 11.1 Å². The van der Waals surface area contributed by atoms with Crippen LogP contribution in [0.15, 0.2) is 24.3 Å². The van der Waals surface area contributed by atoms with Gasteiger partial charge in [0.05, 0.1) is 0 Å². The second-order valence-electron chi connectivity index (χ2n) is 6.10. The van der Waals surface area contributed by atoms with Crippen LogP contribution in [-0.4, -0.2) is 54.5 Å². The Morgan fingerprint density at radius 2 is 1.73 bits per heavy atom. The van der Waals surface area contributed by atoms with Crippen molar-refractivity contribution in [3.8, 4) is 0 Å². The third-order valence-electron chi connectivity index (χ3n) is 4.27. The van der Waals surface area contributed by atoms with Crippen molar-refractivity contribution in [2.24, 2.45) is 11.7 Å². The molecule has 1 heterocycles. The number of hydrogen-bond donors (Lipinski definition) is 2. The first kappa shape index (κ1) is 14.8. The Bertz CT molecular complexity index is 546. The number of anilines is 1. The summed E-state index contributed by atoms with van der Waals surface area (Å²) in [5.74, 6) is 0.948. The van der Waals surface area contributed by atoms with Crippen LogP contribution in [0.1, 0.15) is 23.2 Å². The SMILES string of the molecule is NC(=O)Nc1ccc(C(=O)N2CCN(CC3CC3)CC2)cc1. The minimum atomic E-state index is -0.606. The first-order valence-corrected chi connectivity index (χ1v) is 7.80. The molecule has 1 aliphatic carbocycles. The Hall–Kier alpha value is -2.08. The highest BCUT2D eigenvalue weighted by atomic mass is 16.2. The summed E-state index contributed by atoms with van der Waals surface area (Å²) in [5, 5.41) is 2.49. The van der Waals surface area contributed by atoms with E-state index >= 15 is 0 Å². The predicted octanol–water partition coefficient (Wildman–Crippen LogP) is 1.34. The van der Waals surface area contributed by atoms with Gasteiger partial charge >= 0.3 is 6.03 Å². The van der Waals surface area contributed by atoms with E-state index in [1.165, 1.54) is 19.4 Å². The molecule has 1 saturated heterocycles. The number of piperazine rings is 1. The average molecular weight is 302 g/mol. The van der Waals surface area contributed by atoms with E-state index in [9.17, 15) is 9.59 Å². The Balaban J connectivity index is 1.53. The van der Waals surface area contributed by atoms with Crippen LogP contribution in [0.3, 0.4) is 0 Å². The maximum absolute atomic E-state index is 12.5. The van der Waals surface area contributed by atoms with Gasteiger partial charge in [0.1, 0.15) is 0 Å². The van der Waals surface area contributed by atoms with Gasteiger partial charge in [0, 0.05) is 44.0 Å². The number of nitrogens with one attached hydrogen (secondary N) is 1. The quantitative estimate of drug-likeness (QED) is 0.881. The molecule has 0 unspecified atom stereocenters. The number of urea groups is 1. The number of hydrogen-bond acceptors (Lipinski definition) is 3. The molecule has 3 N–H and O–H groups in total.